The molecule has 0 bridgehead atoms. The van der Waals surface area contributed by atoms with Gasteiger partial charge in [0.05, 0.1) is 6.04 Å². The first-order valence-corrected chi connectivity index (χ1v) is 11.9. The van der Waals surface area contributed by atoms with Crippen molar-refractivity contribution in [3.05, 3.63) is 65.2 Å². The molecular formula is C27H34N2O3. The predicted molar refractivity (Wildman–Crippen MR) is 125 cm³/mol. The van der Waals surface area contributed by atoms with Crippen LogP contribution in [-0.4, -0.2) is 35.4 Å². The Morgan fingerprint density at radius 1 is 1.12 bits per heavy atom. The van der Waals surface area contributed by atoms with Gasteiger partial charge in [-0.05, 0) is 60.4 Å². The van der Waals surface area contributed by atoms with Crippen molar-refractivity contribution < 1.29 is 14.3 Å². The minimum Gasteiger partial charge on any atom is -0.481 e. The van der Waals surface area contributed by atoms with Crippen molar-refractivity contribution in [3.8, 4) is 5.75 Å². The topological polar surface area (TPSA) is 58.6 Å². The highest BCUT2D eigenvalue weighted by Gasteiger charge is 2.33. The van der Waals surface area contributed by atoms with Crippen LogP contribution in [0, 0.1) is 5.92 Å². The lowest BCUT2D eigenvalue weighted by molar-refractivity contribution is -0.134. The van der Waals surface area contributed by atoms with Gasteiger partial charge >= 0.3 is 0 Å². The Balaban J connectivity index is 1.64. The average molecular weight is 435 g/mol. The van der Waals surface area contributed by atoms with Crippen LogP contribution in [0.4, 0.5) is 0 Å². The van der Waals surface area contributed by atoms with Crippen molar-refractivity contribution in [1.82, 2.24) is 10.2 Å². The summed E-state index contributed by atoms with van der Waals surface area (Å²) in [7, 11) is 0. The molecule has 32 heavy (non-hydrogen) atoms. The molecule has 1 N–H and O–H groups in total. The lowest BCUT2D eigenvalue weighted by Crippen LogP contribution is -2.41. The highest BCUT2D eigenvalue weighted by atomic mass is 16.5. The van der Waals surface area contributed by atoms with Gasteiger partial charge in [0.1, 0.15) is 5.75 Å². The maximum atomic E-state index is 13.2. The van der Waals surface area contributed by atoms with Crippen LogP contribution in [0.15, 0.2) is 48.5 Å². The van der Waals surface area contributed by atoms with E-state index in [4.69, 9.17) is 4.74 Å². The SMILES string of the molecule is CC[C@H](Oc1ccc2c(c1)[C@@H](c1ccccc1)N(C(=O)CC(C)C)CC2)C(=O)NC1CC1. The summed E-state index contributed by atoms with van der Waals surface area (Å²) in [4.78, 5) is 27.7. The number of benzene rings is 2. The second-order valence-corrected chi connectivity index (χ2v) is 9.41. The second-order valence-electron chi connectivity index (χ2n) is 9.41. The molecule has 0 aromatic heterocycles. The molecule has 5 nitrogen and oxygen atoms in total. The third-order valence-electron chi connectivity index (χ3n) is 6.23. The number of nitrogens with zero attached hydrogens (tertiary/aromatic N) is 1. The van der Waals surface area contributed by atoms with Gasteiger partial charge in [-0.25, -0.2) is 0 Å². The van der Waals surface area contributed by atoms with Crippen LogP contribution in [0.2, 0.25) is 0 Å². The van der Waals surface area contributed by atoms with Gasteiger partial charge in [-0.2, -0.15) is 0 Å². The highest BCUT2D eigenvalue weighted by Crippen LogP contribution is 2.38. The monoisotopic (exact) mass is 434 g/mol. The van der Waals surface area contributed by atoms with Crippen LogP contribution >= 0.6 is 0 Å². The normalized spacial score (nSPS) is 18.8. The maximum Gasteiger partial charge on any atom is 0.261 e. The highest BCUT2D eigenvalue weighted by molar-refractivity contribution is 5.81. The predicted octanol–water partition coefficient (Wildman–Crippen LogP) is 4.64. The summed E-state index contributed by atoms with van der Waals surface area (Å²) in [5, 5.41) is 3.05. The molecule has 1 saturated carbocycles. The van der Waals surface area contributed by atoms with E-state index in [0.717, 1.165) is 30.4 Å². The van der Waals surface area contributed by atoms with E-state index in [1.807, 2.05) is 42.2 Å². The Morgan fingerprint density at radius 2 is 1.88 bits per heavy atom. The molecule has 2 aliphatic rings. The minimum absolute atomic E-state index is 0.0407. The summed E-state index contributed by atoms with van der Waals surface area (Å²) < 4.78 is 6.15. The summed E-state index contributed by atoms with van der Waals surface area (Å²) in [6.07, 6.45) is 3.57. The molecule has 2 amide bonds. The molecular weight excluding hydrogens is 400 g/mol. The zero-order chi connectivity index (χ0) is 22.7. The molecule has 0 spiro atoms. The number of carbonyl (C=O) groups excluding carboxylic acids is 2. The van der Waals surface area contributed by atoms with E-state index >= 15 is 0 Å². The Morgan fingerprint density at radius 3 is 2.53 bits per heavy atom. The van der Waals surface area contributed by atoms with E-state index in [9.17, 15) is 9.59 Å². The first-order valence-electron chi connectivity index (χ1n) is 11.9. The van der Waals surface area contributed by atoms with E-state index in [-0.39, 0.29) is 17.9 Å². The Labute approximate surface area is 191 Å². The van der Waals surface area contributed by atoms with E-state index in [1.54, 1.807) is 0 Å². The summed E-state index contributed by atoms with van der Waals surface area (Å²) >= 11 is 0. The molecule has 0 radical (unpaired) electrons. The van der Waals surface area contributed by atoms with Gasteiger partial charge < -0.3 is 15.0 Å². The number of carbonyl (C=O) groups is 2. The number of hydrogen-bond acceptors (Lipinski definition) is 3. The van der Waals surface area contributed by atoms with Gasteiger partial charge in [-0.1, -0.05) is 57.2 Å². The molecule has 1 aliphatic carbocycles. The van der Waals surface area contributed by atoms with Crippen molar-refractivity contribution in [1.29, 1.82) is 0 Å². The van der Waals surface area contributed by atoms with Crippen LogP contribution < -0.4 is 10.1 Å². The van der Waals surface area contributed by atoms with Gasteiger partial charge in [0.15, 0.2) is 6.10 Å². The van der Waals surface area contributed by atoms with Gasteiger partial charge in [0.25, 0.3) is 5.91 Å². The van der Waals surface area contributed by atoms with Gasteiger partial charge in [0.2, 0.25) is 5.91 Å². The van der Waals surface area contributed by atoms with E-state index in [1.165, 1.54) is 5.56 Å². The Bertz CT molecular complexity index is 953. The fourth-order valence-electron chi connectivity index (χ4n) is 4.40. The standard InChI is InChI=1S/C27H34N2O3/c1-4-24(27(31)28-21-11-12-21)32-22-13-10-19-14-15-29(25(30)16-18(2)3)26(23(19)17-22)20-8-6-5-7-9-20/h5-10,13,17-18,21,24,26H,4,11-12,14-16H2,1-3H3,(H,28,31)/t24-,26+/m0/s1. The molecule has 5 heteroatoms. The molecule has 1 fully saturated rings. The van der Waals surface area contributed by atoms with E-state index in [2.05, 4.69) is 37.4 Å². The molecule has 170 valence electrons. The zero-order valence-electron chi connectivity index (χ0n) is 19.3. The largest absolute Gasteiger partial charge is 0.481 e. The third-order valence-corrected chi connectivity index (χ3v) is 6.23. The van der Waals surface area contributed by atoms with Crippen molar-refractivity contribution in [2.75, 3.05) is 6.54 Å². The van der Waals surface area contributed by atoms with E-state index < -0.39 is 6.10 Å². The fourth-order valence-corrected chi connectivity index (χ4v) is 4.40. The number of amides is 2. The van der Waals surface area contributed by atoms with Crippen LogP contribution in [0.1, 0.15) is 69.2 Å². The molecule has 0 saturated heterocycles. The summed E-state index contributed by atoms with van der Waals surface area (Å²) in [5.41, 5.74) is 3.42. The summed E-state index contributed by atoms with van der Waals surface area (Å²) in [6, 6.07) is 16.5. The fraction of sp³-hybridized carbons (Fsp3) is 0.481. The lowest BCUT2D eigenvalue weighted by Gasteiger charge is -2.38. The van der Waals surface area contributed by atoms with Crippen molar-refractivity contribution in [3.63, 3.8) is 0 Å². The van der Waals surface area contributed by atoms with Gasteiger partial charge in [-0.3, -0.25) is 9.59 Å². The summed E-state index contributed by atoms with van der Waals surface area (Å²) in [6.45, 7) is 6.84. The van der Waals surface area contributed by atoms with Gasteiger partial charge in [0, 0.05) is 19.0 Å². The van der Waals surface area contributed by atoms with Crippen molar-refractivity contribution >= 4 is 11.8 Å². The molecule has 4 rings (SSSR count). The number of hydrogen-bond donors (Lipinski definition) is 1. The van der Waals surface area contributed by atoms with Gasteiger partial charge in [-0.15, -0.1) is 0 Å². The van der Waals surface area contributed by atoms with E-state index in [0.29, 0.717) is 37.1 Å². The minimum atomic E-state index is -0.508. The third kappa shape index (κ3) is 5.14. The van der Waals surface area contributed by atoms with Crippen LogP contribution in [0.5, 0.6) is 5.75 Å². The molecule has 2 atom stereocenters. The molecule has 1 aliphatic heterocycles. The zero-order valence-corrected chi connectivity index (χ0v) is 19.3. The molecule has 2 aromatic rings. The maximum absolute atomic E-state index is 13.2. The molecule has 1 heterocycles. The number of rotatable bonds is 8. The van der Waals surface area contributed by atoms with Crippen molar-refractivity contribution in [2.45, 2.75) is 71.1 Å². The number of nitrogens with one attached hydrogen (secondary N) is 1. The Kier molecular flexibility index (Phi) is 6.83. The quantitative estimate of drug-likeness (QED) is 0.658. The number of fused-ring (bicyclic) bond motifs is 1. The first-order chi connectivity index (χ1) is 15.5. The van der Waals surface area contributed by atoms with Crippen LogP contribution in [0.25, 0.3) is 0 Å². The lowest BCUT2D eigenvalue weighted by atomic mass is 9.87. The average Bonchev–Trinajstić information content (AvgIpc) is 3.60. The van der Waals surface area contributed by atoms with Crippen LogP contribution in [0.3, 0.4) is 0 Å². The molecule has 2 aromatic carbocycles. The number of ether oxygens (including phenoxy) is 1. The Hall–Kier alpha value is -2.82. The smallest absolute Gasteiger partial charge is 0.261 e. The van der Waals surface area contributed by atoms with Crippen molar-refractivity contribution in [2.24, 2.45) is 5.92 Å². The second kappa shape index (κ2) is 9.76. The summed E-state index contributed by atoms with van der Waals surface area (Å²) in [5.74, 6) is 1.13. The van der Waals surface area contributed by atoms with Crippen LogP contribution in [-0.2, 0) is 16.0 Å². The first kappa shape index (κ1) is 22.4. The molecule has 0 unspecified atom stereocenters.